The highest BCUT2D eigenvalue weighted by molar-refractivity contribution is 5.98. The molecule has 0 saturated carbocycles. The van der Waals surface area contributed by atoms with Gasteiger partial charge < -0.3 is 0 Å². The maximum absolute atomic E-state index is 5.10. The lowest BCUT2D eigenvalue weighted by atomic mass is 9.97. The van der Waals surface area contributed by atoms with Crippen molar-refractivity contribution in [3.63, 3.8) is 0 Å². The van der Waals surface area contributed by atoms with Gasteiger partial charge in [-0.2, -0.15) is 0 Å². The van der Waals surface area contributed by atoms with Gasteiger partial charge in [-0.3, -0.25) is 4.57 Å². The maximum Gasteiger partial charge on any atom is 0.145 e. The smallest absolute Gasteiger partial charge is 0.145 e. The van der Waals surface area contributed by atoms with Crippen LogP contribution in [-0.2, 0) is 0 Å². The van der Waals surface area contributed by atoms with Crippen LogP contribution in [0.25, 0.3) is 71.9 Å². The van der Waals surface area contributed by atoms with Crippen LogP contribution in [-0.4, -0.2) is 9.55 Å². The molecule has 0 fully saturated rings. The van der Waals surface area contributed by atoms with Gasteiger partial charge in [-0.15, -0.1) is 0 Å². The number of aromatic nitrogens is 2. The molecule has 0 amide bonds. The molecule has 41 heavy (non-hydrogen) atoms. The van der Waals surface area contributed by atoms with Crippen molar-refractivity contribution in [3.8, 4) is 39.3 Å². The predicted molar refractivity (Wildman–Crippen MR) is 172 cm³/mol. The highest BCUT2D eigenvalue weighted by atomic mass is 15.1. The first-order valence-electron chi connectivity index (χ1n) is 14.0. The molecule has 8 aromatic rings. The van der Waals surface area contributed by atoms with E-state index in [1.165, 1.54) is 43.8 Å². The van der Waals surface area contributed by atoms with Gasteiger partial charge in [0.1, 0.15) is 5.82 Å². The molecule has 0 N–H and O–H groups in total. The number of para-hydroxylation sites is 2. The van der Waals surface area contributed by atoms with Gasteiger partial charge in [0, 0.05) is 11.3 Å². The Bertz CT molecular complexity index is 2170. The molecule has 1 aromatic heterocycles. The third-order valence-corrected chi connectivity index (χ3v) is 8.03. The SMILES string of the molecule is c1ccc2c(-c3ccc(-c4nc5ccccc5n4-c4ccc(-c5cccc6ccccc56)cc4)cc3)cccc2c1. The fourth-order valence-corrected chi connectivity index (χ4v) is 6.02. The molecule has 0 unspecified atom stereocenters. The van der Waals surface area contributed by atoms with Crippen molar-refractivity contribution >= 4 is 32.6 Å². The Kier molecular flexibility index (Phi) is 5.49. The van der Waals surface area contributed by atoms with E-state index in [9.17, 15) is 0 Å². The molecule has 2 heteroatoms. The first-order valence-corrected chi connectivity index (χ1v) is 14.0. The number of nitrogens with zero attached hydrogens (tertiary/aromatic N) is 2. The van der Waals surface area contributed by atoms with E-state index in [-0.39, 0.29) is 0 Å². The largest absolute Gasteiger partial charge is 0.292 e. The van der Waals surface area contributed by atoms with E-state index in [1.807, 2.05) is 0 Å². The average molecular weight is 523 g/mol. The van der Waals surface area contributed by atoms with Crippen LogP contribution >= 0.6 is 0 Å². The third kappa shape index (κ3) is 4.00. The monoisotopic (exact) mass is 522 g/mol. The summed E-state index contributed by atoms with van der Waals surface area (Å²) in [5, 5.41) is 5.04. The average Bonchev–Trinajstić information content (AvgIpc) is 3.44. The summed E-state index contributed by atoms with van der Waals surface area (Å²) in [5.41, 5.74) is 9.15. The van der Waals surface area contributed by atoms with Gasteiger partial charge in [-0.05, 0) is 68.1 Å². The molecule has 0 saturated heterocycles. The minimum absolute atomic E-state index is 0.939. The van der Waals surface area contributed by atoms with Crippen molar-refractivity contribution in [2.24, 2.45) is 0 Å². The van der Waals surface area contributed by atoms with Crippen LogP contribution in [0.2, 0.25) is 0 Å². The minimum Gasteiger partial charge on any atom is -0.292 e. The van der Waals surface area contributed by atoms with E-state index >= 15 is 0 Å². The molecular weight excluding hydrogens is 496 g/mol. The number of rotatable bonds is 4. The fourth-order valence-electron chi connectivity index (χ4n) is 6.02. The molecule has 8 rings (SSSR count). The first-order chi connectivity index (χ1) is 20.3. The van der Waals surface area contributed by atoms with Crippen LogP contribution in [0, 0.1) is 0 Å². The van der Waals surface area contributed by atoms with Gasteiger partial charge in [-0.25, -0.2) is 4.98 Å². The second-order valence-electron chi connectivity index (χ2n) is 10.4. The molecule has 0 bridgehead atoms. The molecule has 0 radical (unpaired) electrons. The Balaban J connectivity index is 1.22. The van der Waals surface area contributed by atoms with Crippen molar-refractivity contribution in [1.29, 1.82) is 0 Å². The van der Waals surface area contributed by atoms with E-state index in [1.54, 1.807) is 0 Å². The molecule has 7 aromatic carbocycles. The number of fused-ring (bicyclic) bond motifs is 3. The molecule has 0 aliphatic rings. The summed E-state index contributed by atoms with van der Waals surface area (Å²) in [6.07, 6.45) is 0. The summed E-state index contributed by atoms with van der Waals surface area (Å²) < 4.78 is 2.27. The van der Waals surface area contributed by atoms with Crippen LogP contribution in [0.1, 0.15) is 0 Å². The van der Waals surface area contributed by atoms with Gasteiger partial charge in [0.2, 0.25) is 0 Å². The molecule has 0 aliphatic heterocycles. The van der Waals surface area contributed by atoms with Crippen molar-refractivity contribution in [2.75, 3.05) is 0 Å². The molecule has 192 valence electrons. The second kappa shape index (κ2) is 9.62. The highest BCUT2D eigenvalue weighted by Crippen LogP contribution is 2.34. The van der Waals surface area contributed by atoms with Gasteiger partial charge >= 0.3 is 0 Å². The van der Waals surface area contributed by atoms with E-state index in [0.29, 0.717) is 0 Å². The zero-order chi connectivity index (χ0) is 27.2. The van der Waals surface area contributed by atoms with Gasteiger partial charge in [0.05, 0.1) is 11.0 Å². The molecule has 0 spiro atoms. The summed E-state index contributed by atoms with van der Waals surface area (Å²) in [5.74, 6) is 0.939. The third-order valence-electron chi connectivity index (χ3n) is 8.03. The lowest BCUT2D eigenvalue weighted by Gasteiger charge is -2.13. The number of hydrogen-bond donors (Lipinski definition) is 0. The lowest BCUT2D eigenvalue weighted by Crippen LogP contribution is -1.97. The van der Waals surface area contributed by atoms with Crippen LogP contribution in [0.3, 0.4) is 0 Å². The standard InChI is InChI=1S/C39H26N2/c1-3-13-33-27(9-1)11-7-15-35(33)29-19-21-31(22-20-29)39-40-37-17-5-6-18-38(37)41(39)32-25-23-30(24-26-32)36-16-8-12-28-10-2-4-14-34(28)36/h1-26H. The first kappa shape index (κ1) is 23.4. The van der Waals surface area contributed by atoms with E-state index in [4.69, 9.17) is 4.98 Å². The highest BCUT2D eigenvalue weighted by Gasteiger charge is 2.15. The Hall–Kier alpha value is -5.47. The summed E-state index contributed by atoms with van der Waals surface area (Å²) >= 11 is 0. The number of benzene rings is 7. The van der Waals surface area contributed by atoms with E-state index < -0.39 is 0 Å². The molecule has 2 nitrogen and oxygen atoms in total. The quantitative estimate of drug-likeness (QED) is 0.225. The van der Waals surface area contributed by atoms with Crippen molar-refractivity contribution in [1.82, 2.24) is 9.55 Å². The maximum atomic E-state index is 5.10. The number of imidazole rings is 1. The molecule has 0 aliphatic carbocycles. The molecular formula is C39H26N2. The topological polar surface area (TPSA) is 17.8 Å². The Labute approximate surface area is 238 Å². The molecule has 0 atom stereocenters. The Morgan fingerprint density at radius 1 is 0.390 bits per heavy atom. The number of hydrogen-bond acceptors (Lipinski definition) is 1. The van der Waals surface area contributed by atoms with Gasteiger partial charge in [-0.1, -0.05) is 133 Å². The summed E-state index contributed by atoms with van der Waals surface area (Å²) in [6, 6.07) is 56.2. The zero-order valence-electron chi connectivity index (χ0n) is 22.4. The fraction of sp³-hybridized carbons (Fsp3) is 0. The lowest BCUT2D eigenvalue weighted by molar-refractivity contribution is 1.10. The second-order valence-corrected chi connectivity index (χ2v) is 10.4. The summed E-state index contributed by atoms with van der Waals surface area (Å²) in [7, 11) is 0. The van der Waals surface area contributed by atoms with Crippen LogP contribution < -0.4 is 0 Å². The van der Waals surface area contributed by atoms with Crippen LogP contribution in [0.4, 0.5) is 0 Å². The van der Waals surface area contributed by atoms with Crippen LogP contribution in [0.5, 0.6) is 0 Å². The van der Waals surface area contributed by atoms with Gasteiger partial charge in [0.25, 0.3) is 0 Å². The van der Waals surface area contributed by atoms with E-state index in [0.717, 1.165) is 28.1 Å². The molecule has 1 heterocycles. The van der Waals surface area contributed by atoms with Crippen molar-refractivity contribution in [2.45, 2.75) is 0 Å². The van der Waals surface area contributed by atoms with Crippen LogP contribution in [0.15, 0.2) is 158 Å². The Morgan fingerprint density at radius 2 is 0.878 bits per heavy atom. The summed E-state index contributed by atoms with van der Waals surface area (Å²) in [4.78, 5) is 5.10. The van der Waals surface area contributed by atoms with Crippen molar-refractivity contribution < 1.29 is 0 Å². The van der Waals surface area contributed by atoms with Gasteiger partial charge in [0.15, 0.2) is 0 Å². The van der Waals surface area contributed by atoms with E-state index in [2.05, 4.69) is 162 Å². The Morgan fingerprint density at radius 3 is 1.51 bits per heavy atom. The minimum atomic E-state index is 0.939. The summed E-state index contributed by atoms with van der Waals surface area (Å²) in [6.45, 7) is 0. The van der Waals surface area contributed by atoms with Crippen molar-refractivity contribution in [3.05, 3.63) is 158 Å². The zero-order valence-corrected chi connectivity index (χ0v) is 22.4. The normalized spacial score (nSPS) is 11.4. The predicted octanol–water partition coefficient (Wildman–Crippen LogP) is 10.3.